The maximum Gasteiger partial charge on any atom is -0.0203 e. The van der Waals surface area contributed by atoms with Crippen LogP contribution in [-0.4, -0.2) is 0 Å². The van der Waals surface area contributed by atoms with Gasteiger partial charge in [0.25, 0.3) is 0 Å². The van der Waals surface area contributed by atoms with Crippen LogP contribution in [0.3, 0.4) is 0 Å². The smallest absolute Gasteiger partial charge is 0.0203 e. The normalized spacial score (nSPS) is 20.7. The maximum absolute atomic E-state index is 4.37. The Balaban J connectivity index is 2.43. The molecule has 1 rings (SSSR count). The highest BCUT2D eigenvalue weighted by Crippen LogP contribution is 2.35. The average molecular weight is 194 g/mol. The Bertz CT molecular complexity index is 156. The summed E-state index contributed by atoms with van der Waals surface area (Å²) in [4.78, 5) is 0. The van der Waals surface area contributed by atoms with E-state index in [1.807, 2.05) is 0 Å². The van der Waals surface area contributed by atoms with E-state index in [0.717, 1.165) is 11.8 Å². The van der Waals surface area contributed by atoms with Gasteiger partial charge in [-0.25, -0.2) is 0 Å². The molecule has 0 radical (unpaired) electrons. The standard InChI is InChI=1S/C14H26/c1-4-9-13(5-2)12(3)14-10-7-6-8-11-14/h13-14H,3-11H2,1-2H3. The molecule has 0 amide bonds. The summed E-state index contributed by atoms with van der Waals surface area (Å²) in [5.41, 5.74) is 1.58. The molecule has 0 aromatic heterocycles. The molecule has 82 valence electrons. The quantitative estimate of drug-likeness (QED) is 0.543. The van der Waals surface area contributed by atoms with Crippen LogP contribution >= 0.6 is 0 Å². The summed E-state index contributed by atoms with van der Waals surface area (Å²) in [7, 11) is 0. The molecule has 0 saturated heterocycles. The van der Waals surface area contributed by atoms with E-state index in [2.05, 4.69) is 20.4 Å². The van der Waals surface area contributed by atoms with E-state index in [4.69, 9.17) is 0 Å². The van der Waals surface area contributed by atoms with E-state index in [1.165, 1.54) is 51.4 Å². The molecule has 0 aliphatic heterocycles. The molecule has 0 aromatic rings. The van der Waals surface area contributed by atoms with Crippen molar-refractivity contribution in [2.45, 2.75) is 65.2 Å². The van der Waals surface area contributed by atoms with Gasteiger partial charge in [-0.3, -0.25) is 0 Å². The van der Waals surface area contributed by atoms with E-state index in [-0.39, 0.29) is 0 Å². The van der Waals surface area contributed by atoms with Gasteiger partial charge < -0.3 is 0 Å². The first-order chi connectivity index (χ1) is 6.79. The van der Waals surface area contributed by atoms with Gasteiger partial charge in [-0.05, 0) is 37.5 Å². The topological polar surface area (TPSA) is 0 Å². The van der Waals surface area contributed by atoms with Crippen LogP contribution in [0.25, 0.3) is 0 Å². The van der Waals surface area contributed by atoms with Crippen molar-refractivity contribution in [3.63, 3.8) is 0 Å². The van der Waals surface area contributed by atoms with Crippen LogP contribution in [0.1, 0.15) is 65.2 Å². The lowest BCUT2D eigenvalue weighted by Crippen LogP contribution is -2.15. The molecular weight excluding hydrogens is 168 g/mol. The molecule has 0 N–H and O–H groups in total. The predicted molar refractivity (Wildman–Crippen MR) is 64.4 cm³/mol. The number of hydrogen-bond donors (Lipinski definition) is 0. The van der Waals surface area contributed by atoms with E-state index in [0.29, 0.717) is 0 Å². The molecule has 0 heteroatoms. The predicted octanol–water partition coefficient (Wildman–Crippen LogP) is 4.95. The monoisotopic (exact) mass is 194 g/mol. The zero-order valence-electron chi connectivity index (χ0n) is 10.0. The van der Waals surface area contributed by atoms with E-state index < -0.39 is 0 Å². The molecule has 0 spiro atoms. The molecule has 0 heterocycles. The third-order valence-corrected chi connectivity index (χ3v) is 3.78. The van der Waals surface area contributed by atoms with Crippen molar-refractivity contribution >= 4 is 0 Å². The lowest BCUT2D eigenvalue weighted by atomic mass is 9.77. The van der Waals surface area contributed by atoms with Crippen molar-refractivity contribution in [1.29, 1.82) is 0 Å². The summed E-state index contributed by atoms with van der Waals surface area (Å²) in [6.07, 6.45) is 11.1. The Labute approximate surface area is 89.8 Å². The first kappa shape index (κ1) is 11.8. The third kappa shape index (κ3) is 3.15. The lowest BCUT2D eigenvalue weighted by Gasteiger charge is -2.28. The van der Waals surface area contributed by atoms with Crippen molar-refractivity contribution in [3.05, 3.63) is 12.2 Å². The van der Waals surface area contributed by atoms with Crippen molar-refractivity contribution in [3.8, 4) is 0 Å². The summed E-state index contributed by atoms with van der Waals surface area (Å²) < 4.78 is 0. The highest BCUT2D eigenvalue weighted by Gasteiger charge is 2.21. The third-order valence-electron chi connectivity index (χ3n) is 3.78. The Morgan fingerprint density at radius 2 is 1.86 bits per heavy atom. The summed E-state index contributed by atoms with van der Waals surface area (Å²) in [6, 6.07) is 0. The van der Waals surface area contributed by atoms with Gasteiger partial charge in [0.15, 0.2) is 0 Å². The largest absolute Gasteiger partial charge is 0.0993 e. The highest BCUT2D eigenvalue weighted by molar-refractivity contribution is 5.06. The Kier molecular flexibility index (Phi) is 5.29. The minimum Gasteiger partial charge on any atom is -0.0993 e. The van der Waals surface area contributed by atoms with Gasteiger partial charge in [-0.15, -0.1) is 0 Å². The summed E-state index contributed by atoms with van der Waals surface area (Å²) in [6.45, 7) is 8.97. The molecule has 0 bridgehead atoms. The van der Waals surface area contributed by atoms with Crippen LogP contribution in [-0.2, 0) is 0 Å². The minimum atomic E-state index is 0.808. The molecule has 1 saturated carbocycles. The lowest BCUT2D eigenvalue weighted by molar-refractivity contribution is 0.360. The number of rotatable bonds is 5. The fourth-order valence-electron chi connectivity index (χ4n) is 2.81. The molecular formula is C14H26. The van der Waals surface area contributed by atoms with Gasteiger partial charge in [0.2, 0.25) is 0 Å². The van der Waals surface area contributed by atoms with E-state index in [9.17, 15) is 0 Å². The van der Waals surface area contributed by atoms with Gasteiger partial charge in [0.05, 0.1) is 0 Å². The van der Waals surface area contributed by atoms with Crippen molar-refractivity contribution < 1.29 is 0 Å². The van der Waals surface area contributed by atoms with Crippen LogP contribution < -0.4 is 0 Å². The fraction of sp³-hybridized carbons (Fsp3) is 0.857. The Morgan fingerprint density at radius 1 is 1.21 bits per heavy atom. The second kappa shape index (κ2) is 6.27. The molecule has 1 unspecified atom stereocenters. The fourth-order valence-corrected chi connectivity index (χ4v) is 2.81. The van der Waals surface area contributed by atoms with E-state index in [1.54, 1.807) is 5.57 Å². The second-order valence-corrected chi connectivity index (χ2v) is 4.80. The van der Waals surface area contributed by atoms with E-state index >= 15 is 0 Å². The molecule has 0 aromatic carbocycles. The zero-order chi connectivity index (χ0) is 10.4. The number of hydrogen-bond acceptors (Lipinski definition) is 0. The Hall–Kier alpha value is -0.260. The SMILES string of the molecule is C=C(C(CC)CCC)C1CCCCC1. The van der Waals surface area contributed by atoms with Gasteiger partial charge in [0.1, 0.15) is 0 Å². The molecule has 1 fully saturated rings. The molecule has 1 aliphatic rings. The first-order valence-corrected chi connectivity index (χ1v) is 6.48. The van der Waals surface area contributed by atoms with Crippen LogP contribution in [0, 0.1) is 11.8 Å². The zero-order valence-corrected chi connectivity index (χ0v) is 10.0. The second-order valence-electron chi connectivity index (χ2n) is 4.80. The van der Waals surface area contributed by atoms with Gasteiger partial charge in [0, 0.05) is 0 Å². The minimum absolute atomic E-state index is 0.808. The maximum atomic E-state index is 4.37. The van der Waals surface area contributed by atoms with Crippen molar-refractivity contribution in [1.82, 2.24) is 0 Å². The summed E-state index contributed by atoms with van der Waals surface area (Å²) in [5.74, 6) is 1.67. The van der Waals surface area contributed by atoms with Gasteiger partial charge in [-0.1, -0.05) is 51.7 Å². The molecule has 0 nitrogen and oxygen atoms in total. The van der Waals surface area contributed by atoms with Crippen molar-refractivity contribution in [2.24, 2.45) is 11.8 Å². The van der Waals surface area contributed by atoms with Crippen LogP contribution in [0.5, 0.6) is 0 Å². The molecule has 14 heavy (non-hydrogen) atoms. The average Bonchev–Trinajstić information content (AvgIpc) is 2.26. The molecule has 1 atom stereocenters. The van der Waals surface area contributed by atoms with Crippen LogP contribution in [0.15, 0.2) is 12.2 Å². The van der Waals surface area contributed by atoms with Gasteiger partial charge >= 0.3 is 0 Å². The highest BCUT2D eigenvalue weighted by atomic mass is 14.3. The first-order valence-electron chi connectivity index (χ1n) is 6.48. The summed E-state index contributed by atoms with van der Waals surface area (Å²) >= 11 is 0. The molecule has 1 aliphatic carbocycles. The Morgan fingerprint density at radius 3 is 2.36 bits per heavy atom. The van der Waals surface area contributed by atoms with Crippen LogP contribution in [0.4, 0.5) is 0 Å². The van der Waals surface area contributed by atoms with Gasteiger partial charge in [-0.2, -0.15) is 0 Å². The van der Waals surface area contributed by atoms with Crippen LogP contribution in [0.2, 0.25) is 0 Å². The van der Waals surface area contributed by atoms with Crippen molar-refractivity contribution in [2.75, 3.05) is 0 Å². The number of allylic oxidation sites excluding steroid dienone is 1. The summed E-state index contributed by atoms with van der Waals surface area (Å²) in [5, 5.41) is 0.